The Hall–Kier alpha value is -1.22. The molecule has 0 radical (unpaired) electrons. The van der Waals surface area contributed by atoms with Crippen molar-refractivity contribution in [2.24, 2.45) is 0 Å². The molecule has 0 bridgehead atoms. The first kappa shape index (κ1) is 11.3. The third kappa shape index (κ3) is 2.14. The minimum atomic E-state index is -0.799. The quantitative estimate of drug-likeness (QED) is 0.884. The molecule has 4 heteroatoms. The van der Waals surface area contributed by atoms with E-state index in [0.29, 0.717) is 17.9 Å². The Morgan fingerprint density at radius 1 is 1.62 bits per heavy atom. The first-order valence-electron chi connectivity index (χ1n) is 5.18. The number of ether oxygens (including phenoxy) is 1. The molecule has 0 fully saturated rings. The predicted molar refractivity (Wildman–Crippen MR) is 61.1 cm³/mol. The summed E-state index contributed by atoms with van der Waals surface area (Å²) in [7, 11) is 0. The van der Waals surface area contributed by atoms with Crippen LogP contribution in [-0.2, 0) is 11.2 Å². The predicted octanol–water partition coefficient (Wildman–Crippen LogP) is 2.90. The lowest BCUT2D eigenvalue weighted by Crippen LogP contribution is -2.30. The summed E-state index contributed by atoms with van der Waals surface area (Å²) in [5.74, 6) is -0.0210. The molecule has 1 aromatic carbocycles. The molecule has 3 nitrogen and oxygen atoms in total. The number of benzene rings is 1. The van der Waals surface area contributed by atoms with E-state index in [1.807, 2.05) is 25.1 Å². The standard InChI is InChI=1S/C12H13ClO3/c1-12(6-5-11(14)15)7-8-9(13)3-2-4-10(8)16-12/h2-4H,5-7H2,1H3,(H,14,15). The third-order valence-corrected chi connectivity index (χ3v) is 3.20. The number of rotatable bonds is 3. The van der Waals surface area contributed by atoms with E-state index in [0.717, 1.165) is 11.3 Å². The molecular weight excluding hydrogens is 228 g/mol. The highest BCUT2D eigenvalue weighted by molar-refractivity contribution is 6.31. The lowest BCUT2D eigenvalue weighted by molar-refractivity contribution is -0.138. The highest BCUT2D eigenvalue weighted by Crippen LogP contribution is 2.40. The van der Waals surface area contributed by atoms with Gasteiger partial charge in [-0.1, -0.05) is 17.7 Å². The molecule has 0 aromatic heterocycles. The molecule has 0 saturated heterocycles. The Kier molecular flexibility index (Phi) is 2.80. The van der Waals surface area contributed by atoms with Crippen LogP contribution >= 0.6 is 11.6 Å². The lowest BCUT2D eigenvalue weighted by atomic mass is 9.94. The fourth-order valence-electron chi connectivity index (χ4n) is 1.99. The fraction of sp³-hybridized carbons (Fsp3) is 0.417. The molecule has 0 aliphatic carbocycles. The van der Waals surface area contributed by atoms with E-state index < -0.39 is 11.6 Å². The van der Waals surface area contributed by atoms with E-state index in [-0.39, 0.29) is 6.42 Å². The van der Waals surface area contributed by atoms with Crippen LogP contribution in [0, 0.1) is 0 Å². The maximum atomic E-state index is 10.6. The van der Waals surface area contributed by atoms with Crippen molar-refractivity contribution in [1.29, 1.82) is 0 Å². The highest BCUT2D eigenvalue weighted by Gasteiger charge is 2.36. The number of carbonyl (C=O) groups is 1. The largest absolute Gasteiger partial charge is 0.487 e. The van der Waals surface area contributed by atoms with Gasteiger partial charge in [0.2, 0.25) is 0 Å². The van der Waals surface area contributed by atoms with Gasteiger partial charge in [-0.25, -0.2) is 0 Å². The molecular formula is C12H13ClO3. The Morgan fingerprint density at radius 2 is 2.38 bits per heavy atom. The van der Waals surface area contributed by atoms with Crippen LogP contribution in [0.5, 0.6) is 5.75 Å². The van der Waals surface area contributed by atoms with Crippen LogP contribution in [0.1, 0.15) is 25.3 Å². The number of hydrogen-bond donors (Lipinski definition) is 1. The van der Waals surface area contributed by atoms with Crippen LogP contribution < -0.4 is 4.74 Å². The summed E-state index contributed by atoms with van der Waals surface area (Å²) in [6.45, 7) is 1.92. The molecule has 1 aliphatic heterocycles. The summed E-state index contributed by atoms with van der Waals surface area (Å²) >= 11 is 6.06. The van der Waals surface area contributed by atoms with Crippen molar-refractivity contribution in [2.45, 2.75) is 31.8 Å². The molecule has 0 spiro atoms. The van der Waals surface area contributed by atoms with Crippen LogP contribution in [0.4, 0.5) is 0 Å². The van der Waals surface area contributed by atoms with Crippen LogP contribution in [0.15, 0.2) is 18.2 Å². The Balaban J connectivity index is 2.15. The zero-order chi connectivity index (χ0) is 11.8. The SMILES string of the molecule is CC1(CCC(=O)O)Cc2c(Cl)cccc2O1. The van der Waals surface area contributed by atoms with Gasteiger partial charge in [-0.3, -0.25) is 4.79 Å². The third-order valence-electron chi connectivity index (χ3n) is 2.85. The van der Waals surface area contributed by atoms with Crippen molar-refractivity contribution >= 4 is 17.6 Å². The van der Waals surface area contributed by atoms with Crippen LogP contribution in [-0.4, -0.2) is 16.7 Å². The molecule has 2 rings (SSSR count). The maximum absolute atomic E-state index is 10.6. The maximum Gasteiger partial charge on any atom is 0.303 e. The monoisotopic (exact) mass is 240 g/mol. The normalized spacial score (nSPS) is 22.6. The summed E-state index contributed by atoms with van der Waals surface area (Å²) in [4.78, 5) is 10.6. The van der Waals surface area contributed by atoms with Crippen molar-refractivity contribution < 1.29 is 14.6 Å². The number of hydrogen-bond acceptors (Lipinski definition) is 2. The summed E-state index contributed by atoms with van der Waals surface area (Å²) in [6.07, 6.45) is 1.28. The van der Waals surface area contributed by atoms with Gasteiger partial charge < -0.3 is 9.84 Å². The molecule has 0 saturated carbocycles. The molecule has 0 amide bonds. The number of carboxylic acids is 1. The zero-order valence-corrected chi connectivity index (χ0v) is 9.75. The van der Waals surface area contributed by atoms with Crippen LogP contribution in [0.3, 0.4) is 0 Å². The molecule has 1 N–H and O–H groups in total. The van der Waals surface area contributed by atoms with Gasteiger partial charge in [0.1, 0.15) is 11.4 Å². The molecule has 1 unspecified atom stereocenters. The molecule has 1 atom stereocenters. The van der Waals surface area contributed by atoms with Gasteiger partial charge in [0.05, 0.1) is 0 Å². The van der Waals surface area contributed by atoms with E-state index in [4.69, 9.17) is 21.4 Å². The van der Waals surface area contributed by atoms with E-state index in [2.05, 4.69) is 0 Å². The van der Waals surface area contributed by atoms with Crippen molar-refractivity contribution in [3.63, 3.8) is 0 Å². The first-order chi connectivity index (χ1) is 7.50. The van der Waals surface area contributed by atoms with E-state index >= 15 is 0 Å². The van der Waals surface area contributed by atoms with E-state index in [9.17, 15) is 4.79 Å². The van der Waals surface area contributed by atoms with Gasteiger partial charge >= 0.3 is 5.97 Å². The lowest BCUT2D eigenvalue weighted by Gasteiger charge is -2.22. The summed E-state index contributed by atoms with van der Waals surface area (Å²) in [5.41, 5.74) is 0.545. The highest BCUT2D eigenvalue weighted by atomic mass is 35.5. The van der Waals surface area contributed by atoms with Crippen molar-refractivity contribution in [1.82, 2.24) is 0 Å². The molecule has 1 aromatic rings. The van der Waals surface area contributed by atoms with Crippen LogP contribution in [0.25, 0.3) is 0 Å². The smallest absolute Gasteiger partial charge is 0.303 e. The number of halogens is 1. The first-order valence-corrected chi connectivity index (χ1v) is 5.56. The second-order valence-corrected chi connectivity index (χ2v) is 4.75. The Bertz CT molecular complexity index is 430. The molecule has 16 heavy (non-hydrogen) atoms. The van der Waals surface area contributed by atoms with E-state index in [1.54, 1.807) is 0 Å². The number of fused-ring (bicyclic) bond motifs is 1. The number of carboxylic acid groups (broad SMARTS) is 1. The van der Waals surface area contributed by atoms with E-state index in [1.165, 1.54) is 0 Å². The average Bonchev–Trinajstić information content (AvgIpc) is 2.55. The molecule has 1 aliphatic rings. The van der Waals surface area contributed by atoms with Gasteiger partial charge in [-0.2, -0.15) is 0 Å². The zero-order valence-electron chi connectivity index (χ0n) is 9.00. The second kappa shape index (κ2) is 3.98. The number of aliphatic carboxylic acids is 1. The average molecular weight is 241 g/mol. The van der Waals surface area contributed by atoms with Crippen molar-refractivity contribution in [2.75, 3.05) is 0 Å². The summed E-state index contributed by atoms with van der Waals surface area (Å²) in [6, 6.07) is 5.53. The van der Waals surface area contributed by atoms with Gasteiger partial charge in [0, 0.05) is 23.4 Å². The van der Waals surface area contributed by atoms with Gasteiger partial charge in [0.15, 0.2) is 0 Å². The minimum Gasteiger partial charge on any atom is -0.487 e. The van der Waals surface area contributed by atoms with Gasteiger partial charge in [-0.05, 0) is 25.5 Å². The minimum absolute atomic E-state index is 0.113. The van der Waals surface area contributed by atoms with Crippen molar-refractivity contribution in [3.8, 4) is 5.75 Å². The van der Waals surface area contributed by atoms with Gasteiger partial charge in [0.25, 0.3) is 0 Å². The summed E-state index contributed by atoms with van der Waals surface area (Å²) < 4.78 is 5.78. The van der Waals surface area contributed by atoms with Gasteiger partial charge in [-0.15, -0.1) is 0 Å². The Morgan fingerprint density at radius 3 is 3.00 bits per heavy atom. The second-order valence-electron chi connectivity index (χ2n) is 4.34. The molecule has 86 valence electrons. The Labute approximate surface area is 99.0 Å². The van der Waals surface area contributed by atoms with Crippen LogP contribution in [0.2, 0.25) is 5.02 Å². The summed E-state index contributed by atoms with van der Waals surface area (Å²) in [5, 5.41) is 9.37. The fourth-order valence-corrected chi connectivity index (χ4v) is 2.22. The molecule has 1 heterocycles. The topological polar surface area (TPSA) is 46.5 Å². The van der Waals surface area contributed by atoms with Crippen molar-refractivity contribution in [3.05, 3.63) is 28.8 Å².